The highest BCUT2D eigenvalue weighted by Crippen LogP contribution is 2.11. The Balaban J connectivity index is 2.07. The number of hydrogen-bond acceptors (Lipinski definition) is 3. The molecule has 2 rings (SSSR count). The molecule has 0 atom stereocenters. The Kier molecular flexibility index (Phi) is 6.97. The molecule has 0 radical (unpaired) electrons. The van der Waals surface area contributed by atoms with E-state index in [9.17, 15) is 8.42 Å². The van der Waals surface area contributed by atoms with Crippen LogP contribution in [0.5, 0.6) is 0 Å². The molecule has 7 heteroatoms. The molecule has 0 spiro atoms. The maximum atomic E-state index is 11.9. The summed E-state index contributed by atoms with van der Waals surface area (Å²) in [7, 11) is -2.05. The van der Waals surface area contributed by atoms with Crippen LogP contribution in [0.1, 0.15) is 18.1 Å². The Bertz CT molecular complexity index is 805. The monoisotopic (exact) mass is 360 g/mol. The lowest BCUT2D eigenvalue weighted by Crippen LogP contribution is -2.36. The summed E-state index contributed by atoms with van der Waals surface area (Å²) in [6, 6.07) is 16.8. The number of hydrogen-bond donors (Lipinski definition) is 3. The Morgan fingerprint density at radius 1 is 1.00 bits per heavy atom. The molecular formula is C18H24N4O2S. The first-order valence-electron chi connectivity index (χ1n) is 8.13. The van der Waals surface area contributed by atoms with Gasteiger partial charge in [0.05, 0.1) is 11.4 Å². The molecule has 0 saturated carbocycles. The van der Waals surface area contributed by atoms with E-state index in [0.29, 0.717) is 19.0 Å². The van der Waals surface area contributed by atoms with Crippen molar-refractivity contribution in [1.29, 1.82) is 0 Å². The highest BCUT2D eigenvalue weighted by Gasteiger charge is 2.11. The molecule has 6 nitrogen and oxygen atoms in total. The van der Waals surface area contributed by atoms with Gasteiger partial charge < -0.3 is 10.6 Å². The van der Waals surface area contributed by atoms with Gasteiger partial charge in [-0.15, -0.1) is 0 Å². The SMILES string of the molecule is CCNC(=NCc1cccc(S(=O)(=O)NC)c1)NCc1ccccc1. The van der Waals surface area contributed by atoms with Gasteiger partial charge in [0.15, 0.2) is 5.96 Å². The maximum absolute atomic E-state index is 11.9. The molecule has 0 fully saturated rings. The second-order valence-electron chi connectivity index (χ2n) is 5.39. The molecule has 0 aliphatic carbocycles. The van der Waals surface area contributed by atoms with Crippen LogP contribution >= 0.6 is 0 Å². The number of benzene rings is 2. The van der Waals surface area contributed by atoms with Crippen molar-refractivity contribution in [2.45, 2.75) is 24.9 Å². The quantitative estimate of drug-likeness (QED) is 0.520. The van der Waals surface area contributed by atoms with E-state index in [1.165, 1.54) is 7.05 Å². The predicted molar refractivity (Wildman–Crippen MR) is 101 cm³/mol. The first-order valence-corrected chi connectivity index (χ1v) is 9.62. The summed E-state index contributed by atoms with van der Waals surface area (Å²) >= 11 is 0. The molecule has 25 heavy (non-hydrogen) atoms. The van der Waals surface area contributed by atoms with E-state index in [4.69, 9.17) is 0 Å². The smallest absolute Gasteiger partial charge is 0.240 e. The van der Waals surface area contributed by atoms with E-state index in [-0.39, 0.29) is 4.90 Å². The van der Waals surface area contributed by atoms with Crippen LogP contribution in [0.25, 0.3) is 0 Å². The van der Waals surface area contributed by atoms with Crippen LogP contribution in [0.15, 0.2) is 64.5 Å². The first kappa shape index (κ1) is 19.0. The molecule has 2 aromatic rings. The van der Waals surface area contributed by atoms with Crippen LogP contribution < -0.4 is 15.4 Å². The molecule has 0 aliphatic rings. The molecule has 2 aromatic carbocycles. The van der Waals surface area contributed by atoms with E-state index < -0.39 is 10.0 Å². The van der Waals surface area contributed by atoms with Crippen LogP contribution in [0.2, 0.25) is 0 Å². The zero-order valence-corrected chi connectivity index (χ0v) is 15.3. The van der Waals surface area contributed by atoms with E-state index in [0.717, 1.165) is 17.7 Å². The molecular weight excluding hydrogens is 336 g/mol. The molecule has 0 heterocycles. The largest absolute Gasteiger partial charge is 0.357 e. The van der Waals surface area contributed by atoms with Gasteiger partial charge in [-0.3, -0.25) is 0 Å². The average molecular weight is 360 g/mol. The minimum absolute atomic E-state index is 0.241. The molecule has 0 amide bonds. The van der Waals surface area contributed by atoms with Crippen molar-refractivity contribution >= 4 is 16.0 Å². The predicted octanol–water partition coefficient (Wildman–Crippen LogP) is 1.85. The van der Waals surface area contributed by atoms with Crippen molar-refractivity contribution in [3.8, 4) is 0 Å². The van der Waals surface area contributed by atoms with Crippen LogP contribution in [-0.2, 0) is 23.1 Å². The summed E-state index contributed by atoms with van der Waals surface area (Å²) < 4.78 is 26.1. The summed E-state index contributed by atoms with van der Waals surface area (Å²) in [5.74, 6) is 0.688. The standard InChI is InChI=1S/C18H24N4O2S/c1-3-20-18(21-13-15-8-5-4-6-9-15)22-14-16-10-7-11-17(12-16)25(23,24)19-2/h4-12,19H,3,13-14H2,1-2H3,(H2,20,21,22). The fourth-order valence-corrected chi connectivity index (χ4v) is 3.02. The van der Waals surface area contributed by atoms with Crippen molar-refractivity contribution in [3.63, 3.8) is 0 Å². The molecule has 134 valence electrons. The first-order chi connectivity index (χ1) is 12.0. The van der Waals surface area contributed by atoms with E-state index in [1.54, 1.807) is 18.2 Å². The highest BCUT2D eigenvalue weighted by molar-refractivity contribution is 7.89. The van der Waals surface area contributed by atoms with Gasteiger partial charge in [-0.1, -0.05) is 42.5 Å². The van der Waals surface area contributed by atoms with Crippen molar-refractivity contribution in [2.75, 3.05) is 13.6 Å². The van der Waals surface area contributed by atoms with Crippen molar-refractivity contribution < 1.29 is 8.42 Å². The fourth-order valence-electron chi connectivity index (χ4n) is 2.22. The molecule has 0 bridgehead atoms. The van der Waals surface area contributed by atoms with E-state index in [1.807, 2.05) is 43.3 Å². The maximum Gasteiger partial charge on any atom is 0.240 e. The summed E-state index contributed by atoms with van der Waals surface area (Å²) in [5.41, 5.74) is 1.99. The van der Waals surface area contributed by atoms with Crippen LogP contribution in [-0.4, -0.2) is 28.0 Å². The second-order valence-corrected chi connectivity index (χ2v) is 7.28. The Labute approximate surface area is 149 Å². The molecule has 3 N–H and O–H groups in total. The lowest BCUT2D eigenvalue weighted by atomic mass is 10.2. The lowest BCUT2D eigenvalue weighted by molar-refractivity contribution is 0.588. The van der Waals surface area contributed by atoms with Gasteiger partial charge >= 0.3 is 0 Å². The summed E-state index contributed by atoms with van der Waals surface area (Å²) in [6.45, 7) is 3.80. The third kappa shape index (κ3) is 5.88. The van der Waals surface area contributed by atoms with Crippen LogP contribution in [0.3, 0.4) is 0 Å². The number of rotatable bonds is 7. The number of nitrogens with zero attached hydrogens (tertiary/aromatic N) is 1. The zero-order valence-electron chi connectivity index (χ0n) is 14.5. The second kappa shape index (κ2) is 9.19. The third-order valence-electron chi connectivity index (χ3n) is 3.54. The topological polar surface area (TPSA) is 82.6 Å². The minimum atomic E-state index is -3.45. The van der Waals surface area contributed by atoms with Gasteiger partial charge in [0.1, 0.15) is 0 Å². The number of aliphatic imine (C=N–C) groups is 1. The third-order valence-corrected chi connectivity index (χ3v) is 4.96. The van der Waals surface area contributed by atoms with Gasteiger partial charge in [0, 0.05) is 13.1 Å². The molecule has 0 aromatic heterocycles. The highest BCUT2D eigenvalue weighted by atomic mass is 32.2. The molecule has 0 saturated heterocycles. The summed E-state index contributed by atoms with van der Waals surface area (Å²) in [5, 5.41) is 6.46. The van der Waals surface area contributed by atoms with Gasteiger partial charge in [-0.25, -0.2) is 18.1 Å². The summed E-state index contributed by atoms with van der Waals surface area (Å²) in [4.78, 5) is 4.77. The van der Waals surface area contributed by atoms with Crippen molar-refractivity contribution in [2.24, 2.45) is 4.99 Å². The average Bonchev–Trinajstić information content (AvgIpc) is 2.65. The van der Waals surface area contributed by atoms with Gasteiger partial charge in [-0.05, 0) is 37.2 Å². The molecule has 0 unspecified atom stereocenters. The van der Waals surface area contributed by atoms with Crippen molar-refractivity contribution in [3.05, 3.63) is 65.7 Å². The Hall–Kier alpha value is -2.38. The fraction of sp³-hybridized carbons (Fsp3) is 0.278. The Morgan fingerprint density at radius 3 is 2.40 bits per heavy atom. The van der Waals surface area contributed by atoms with Gasteiger partial charge in [0.25, 0.3) is 0 Å². The van der Waals surface area contributed by atoms with Gasteiger partial charge in [0.2, 0.25) is 10.0 Å². The number of guanidine groups is 1. The van der Waals surface area contributed by atoms with E-state index >= 15 is 0 Å². The van der Waals surface area contributed by atoms with Gasteiger partial charge in [-0.2, -0.15) is 0 Å². The van der Waals surface area contributed by atoms with Crippen molar-refractivity contribution in [1.82, 2.24) is 15.4 Å². The summed E-state index contributed by atoms with van der Waals surface area (Å²) in [6.07, 6.45) is 0. The normalized spacial score (nSPS) is 12.0. The van der Waals surface area contributed by atoms with Crippen LogP contribution in [0, 0.1) is 0 Å². The Morgan fingerprint density at radius 2 is 1.72 bits per heavy atom. The number of nitrogens with one attached hydrogen (secondary N) is 3. The minimum Gasteiger partial charge on any atom is -0.357 e. The lowest BCUT2D eigenvalue weighted by Gasteiger charge is -2.11. The van der Waals surface area contributed by atoms with Crippen LogP contribution in [0.4, 0.5) is 0 Å². The van der Waals surface area contributed by atoms with E-state index in [2.05, 4.69) is 20.3 Å². The molecule has 0 aliphatic heterocycles. The number of sulfonamides is 1. The zero-order chi connectivity index (χ0) is 18.1.